The summed E-state index contributed by atoms with van der Waals surface area (Å²) in [4.78, 5) is 2.51. The van der Waals surface area contributed by atoms with Crippen LogP contribution in [-0.4, -0.2) is 51.3 Å². The van der Waals surface area contributed by atoms with Gasteiger partial charge in [0.15, 0.2) is 0 Å². The number of piperidine rings is 1. The molecule has 0 radical (unpaired) electrons. The fraction of sp³-hybridized carbons (Fsp3) is 1.00. The molecule has 2 saturated heterocycles. The van der Waals surface area contributed by atoms with Gasteiger partial charge in [0.05, 0.1) is 6.61 Å². The highest BCUT2D eigenvalue weighted by Gasteiger charge is 2.16. The third-order valence-corrected chi connectivity index (χ3v) is 4.38. The molecular weight excluding hydrogens is 224 g/mol. The molecule has 0 aromatic carbocycles. The first kappa shape index (κ1) is 14.3. The molecule has 2 fully saturated rings. The van der Waals surface area contributed by atoms with E-state index in [9.17, 15) is 0 Å². The van der Waals surface area contributed by atoms with Crippen molar-refractivity contribution in [1.29, 1.82) is 0 Å². The fourth-order valence-electron chi connectivity index (χ4n) is 3.30. The molecule has 0 spiro atoms. The summed E-state index contributed by atoms with van der Waals surface area (Å²) < 4.78 is 5.55. The molecule has 106 valence electrons. The number of hydrogen-bond donors (Lipinski definition) is 1. The van der Waals surface area contributed by atoms with Crippen LogP contribution in [0.3, 0.4) is 0 Å². The summed E-state index contributed by atoms with van der Waals surface area (Å²) in [5, 5.41) is 3.51. The molecular formula is C15H30N2O. The monoisotopic (exact) mass is 254 g/mol. The van der Waals surface area contributed by atoms with Gasteiger partial charge in [-0.15, -0.1) is 0 Å². The molecule has 2 atom stereocenters. The first-order valence-electron chi connectivity index (χ1n) is 7.81. The van der Waals surface area contributed by atoms with Crippen molar-refractivity contribution in [3.05, 3.63) is 0 Å². The van der Waals surface area contributed by atoms with Crippen LogP contribution in [0.25, 0.3) is 0 Å². The Morgan fingerprint density at radius 1 is 1.22 bits per heavy atom. The molecule has 1 N–H and O–H groups in total. The predicted molar refractivity (Wildman–Crippen MR) is 75.9 cm³/mol. The summed E-state index contributed by atoms with van der Waals surface area (Å²) >= 11 is 0. The van der Waals surface area contributed by atoms with Crippen LogP contribution in [-0.2, 0) is 4.74 Å². The Hall–Kier alpha value is -0.120. The van der Waals surface area contributed by atoms with Gasteiger partial charge < -0.3 is 15.0 Å². The average Bonchev–Trinajstić information content (AvgIpc) is 2.41. The van der Waals surface area contributed by atoms with Gasteiger partial charge >= 0.3 is 0 Å². The van der Waals surface area contributed by atoms with Gasteiger partial charge in [-0.05, 0) is 77.0 Å². The second-order valence-electron chi connectivity index (χ2n) is 6.20. The van der Waals surface area contributed by atoms with Crippen LogP contribution >= 0.6 is 0 Å². The topological polar surface area (TPSA) is 24.5 Å². The normalized spacial score (nSPS) is 29.7. The Labute approximate surface area is 112 Å². The second-order valence-corrected chi connectivity index (χ2v) is 6.20. The zero-order valence-corrected chi connectivity index (χ0v) is 12.0. The van der Waals surface area contributed by atoms with E-state index in [0.29, 0.717) is 0 Å². The van der Waals surface area contributed by atoms with Crippen molar-refractivity contribution in [2.75, 3.05) is 46.4 Å². The summed E-state index contributed by atoms with van der Waals surface area (Å²) in [6.45, 7) is 6.93. The largest absolute Gasteiger partial charge is 0.381 e. The zero-order valence-electron chi connectivity index (χ0n) is 12.0. The Bertz CT molecular complexity index is 211. The zero-order chi connectivity index (χ0) is 12.6. The van der Waals surface area contributed by atoms with Gasteiger partial charge in [0.2, 0.25) is 0 Å². The van der Waals surface area contributed by atoms with Crippen LogP contribution < -0.4 is 5.32 Å². The standard InChI is InChI=1S/C15H30N2O/c1-17(12-15-7-4-10-18-13-15)9-3-6-14-5-2-8-16-11-14/h14-16H,2-13H2,1H3. The molecule has 0 saturated carbocycles. The smallest absolute Gasteiger partial charge is 0.0506 e. The van der Waals surface area contributed by atoms with Crippen molar-refractivity contribution in [2.45, 2.75) is 38.5 Å². The van der Waals surface area contributed by atoms with E-state index in [0.717, 1.165) is 25.0 Å². The molecule has 2 aliphatic rings. The minimum absolute atomic E-state index is 0.778. The molecule has 3 nitrogen and oxygen atoms in total. The van der Waals surface area contributed by atoms with Gasteiger partial charge in [0.1, 0.15) is 0 Å². The third-order valence-electron chi connectivity index (χ3n) is 4.38. The van der Waals surface area contributed by atoms with E-state index in [1.54, 1.807) is 0 Å². The summed E-state index contributed by atoms with van der Waals surface area (Å²) in [5.41, 5.74) is 0. The lowest BCUT2D eigenvalue weighted by atomic mass is 9.94. The SMILES string of the molecule is CN(CCCC1CCCNC1)CC1CCCOC1. The van der Waals surface area contributed by atoms with Crippen molar-refractivity contribution >= 4 is 0 Å². The van der Waals surface area contributed by atoms with E-state index in [2.05, 4.69) is 17.3 Å². The molecule has 2 unspecified atom stereocenters. The average molecular weight is 254 g/mol. The van der Waals surface area contributed by atoms with E-state index < -0.39 is 0 Å². The van der Waals surface area contributed by atoms with Gasteiger partial charge in [-0.1, -0.05) is 0 Å². The lowest BCUT2D eigenvalue weighted by molar-refractivity contribution is 0.0417. The Morgan fingerprint density at radius 3 is 2.83 bits per heavy atom. The van der Waals surface area contributed by atoms with Gasteiger partial charge in [-0.25, -0.2) is 0 Å². The summed E-state index contributed by atoms with van der Waals surface area (Å²) in [5.74, 6) is 1.71. The first-order chi connectivity index (χ1) is 8.84. The third kappa shape index (κ3) is 5.25. The maximum atomic E-state index is 5.55. The highest BCUT2D eigenvalue weighted by atomic mass is 16.5. The number of hydrogen-bond acceptors (Lipinski definition) is 3. The summed E-state index contributed by atoms with van der Waals surface area (Å²) in [6, 6.07) is 0. The van der Waals surface area contributed by atoms with Gasteiger partial charge in [-0.2, -0.15) is 0 Å². The van der Waals surface area contributed by atoms with Crippen molar-refractivity contribution in [2.24, 2.45) is 11.8 Å². The van der Waals surface area contributed by atoms with Crippen LogP contribution in [0.15, 0.2) is 0 Å². The van der Waals surface area contributed by atoms with E-state index in [1.807, 2.05) is 0 Å². The highest BCUT2D eigenvalue weighted by Crippen LogP contribution is 2.17. The molecule has 0 bridgehead atoms. The second kappa shape index (κ2) is 8.13. The maximum Gasteiger partial charge on any atom is 0.0506 e. The summed E-state index contributed by atoms with van der Waals surface area (Å²) in [7, 11) is 2.27. The van der Waals surface area contributed by atoms with Crippen LogP contribution in [0.1, 0.15) is 38.5 Å². The van der Waals surface area contributed by atoms with Crippen molar-refractivity contribution in [3.8, 4) is 0 Å². The lowest BCUT2D eigenvalue weighted by Gasteiger charge is -2.28. The van der Waals surface area contributed by atoms with Crippen LogP contribution in [0.2, 0.25) is 0 Å². The molecule has 2 rings (SSSR count). The molecule has 18 heavy (non-hydrogen) atoms. The Balaban J connectivity index is 1.52. The number of ether oxygens (including phenoxy) is 1. The number of nitrogens with one attached hydrogen (secondary N) is 1. The van der Waals surface area contributed by atoms with Crippen LogP contribution in [0.5, 0.6) is 0 Å². The van der Waals surface area contributed by atoms with Gasteiger partial charge in [-0.3, -0.25) is 0 Å². The van der Waals surface area contributed by atoms with E-state index in [-0.39, 0.29) is 0 Å². The van der Waals surface area contributed by atoms with Gasteiger partial charge in [0, 0.05) is 13.2 Å². The molecule has 3 heteroatoms. The molecule has 2 heterocycles. The van der Waals surface area contributed by atoms with Crippen LogP contribution in [0, 0.1) is 11.8 Å². The maximum absolute atomic E-state index is 5.55. The molecule has 2 aliphatic heterocycles. The first-order valence-corrected chi connectivity index (χ1v) is 7.81. The molecule has 0 aromatic heterocycles. The van der Waals surface area contributed by atoms with E-state index in [1.165, 1.54) is 64.7 Å². The lowest BCUT2D eigenvalue weighted by Crippen LogP contribution is -2.33. The predicted octanol–water partition coefficient (Wildman–Crippen LogP) is 2.12. The van der Waals surface area contributed by atoms with E-state index in [4.69, 9.17) is 4.74 Å². The minimum Gasteiger partial charge on any atom is -0.381 e. The van der Waals surface area contributed by atoms with E-state index >= 15 is 0 Å². The number of rotatable bonds is 6. The number of nitrogens with zero attached hydrogens (tertiary/aromatic N) is 1. The van der Waals surface area contributed by atoms with Crippen LogP contribution in [0.4, 0.5) is 0 Å². The minimum atomic E-state index is 0.778. The Morgan fingerprint density at radius 2 is 2.11 bits per heavy atom. The van der Waals surface area contributed by atoms with Crippen molar-refractivity contribution in [1.82, 2.24) is 10.2 Å². The fourth-order valence-corrected chi connectivity index (χ4v) is 3.30. The van der Waals surface area contributed by atoms with Crippen molar-refractivity contribution in [3.63, 3.8) is 0 Å². The van der Waals surface area contributed by atoms with Crippen molar-refractivity contribution < 1.29 is 4.74 Å². The quantitative estimate of drug-likeness (QED) is 0.786. The Kier molecular flexibility index (Phi) is 6.46. The summed E-state index contributed by atoms with van der Waals surface area (Å²) in [6.07, 6.45) is 8.19. The highest BCUT2D eigenvalue weighted by molar-refractivity contribution is 4.71. The van der Waals surface area contributed by atoms with Gasteiger partial charge in [0.25, 0.3) is 0 Å². The molecule has 0 amide bonds. The molecule has 0 aliphatic carbocycles. The molecule has 0 aromatic rings.